The first-order valence-electron chi connectivity index (χ1n) is 10.7. The van der Waals surface area contributed by atoms with E-state index in [4.69, 9.17) is 9.47 Å². The zero-order valence-corrected chi connectivity index (χ0v) is 19.3. The van der Waals surface area contributed by atoms with Gasteiger partial charge in [-0.3, -0.25) is 9.59 Å². The number of carboxylic acid groups (broad SMARTS) is 1. The Kier molecular flexibility index (Phi) is 9.47. The van der Waals surface area contributed by atoms with E-state index in [0.29, 0.717) is 29.2 Å². The van der Waals surface area contributed by atoms with Crippen molar-refractivity contribution < 1.29 is 29.0 Å². The largest absolute Gasteiger partial charge is 0.497 e. The van der Waals surface area contributed by atoms with Crippen LogP contribution >= 0.6 is 0 Å². The van der Waals surface area contributed by atoms with Gasteiger partial charge >= 0.3 is 5.97 Å². The Morgan fingerprint density at radius 2 is 1.61 bits per heavy atom. The first-order chi connectivity index (χ1) is 15.7. The van der Waals surface area contributed by atoms with Gasteiger partial charge in [0.1, 0.15) is 23.2 Å². The Bertz CT molecular complexity index is 981. The summed E-state index contributed by atoms with van der Waals surface area (Å²) in [5.74, 6) is -1.03. The molecule has 0 aliphatic carbocycles. The molecule has 1 atom stereocenters. The highest BCUT2D eigenvalue weighted by atomic mass is 16.5. The van der Waals surface area contributed by atoms with E-state index < -0.39 is 23.8 Å². The lowest BCUT2D eigenvalue weighted by atomic mass is 10.0. The smallest absolute Gasteiger partial charge is 0.326 e. The predicted molar refractivity (Wildman–Crippen MR) is 125 cm³/mol. The Labute approximate surface area is 193 Å². The Morgan fingerprint density at radius 1 is 1.00 bits per heavy atom. The third kappa shape index (κ3) is 7.99. The lowest BCUT2D eigenvalue weighted by Crippen LogP contribution is -2.45. The summed E-state index contributed by atoms with van der Waals surface area (Å²) in [5, 5.41) is 14.6. The second-order valence-corrected chi connectivity index (χ2v) is 7.74. The van der Waals surface area contributed by atoms with Crippen molar-refractivity contribution in [1.29, 1.82) is 0 Å². The number of hydrogen-bond acceptors (Lipinski definition) is 5. The van der Waals surface area contributed by atoms with Crippen LogP contribution in [0.2, 0.25) is 0 Å². The predicted octanol–water partition coefficient (Wildman–Crippen LogP) is 3.48. The molecule has 0 aromatic heterocycles. The van der Waals surface area contributed by atoms with Gasteiger partial charge in [-0.1, -0.05) is 26.0 Å². The molecule has 0 heterocycles. The number of carboxylic acids is 1. The summed E-state index contributed by atoms with van der Waals surface area (Å²) < 4.78 is 10.5. The van der Waals surface area contributed by atoms with Gasteiger partial charge in [0, 0.05) is 5.56 Å². The molecule has 3 N–H and O–H groups in total. The molecule has 2 aromatic carbocycles. The van der Waals surface area contributed by atoms with Crippen LogP contribution in [0.25, 0.3) is 6.08 Å². The van der Waals surface area contributed by atoms with Crippen molar-refractivity contribution in [3.63, 3.8) is 0 Å². The molecule has 0 saturated carbocycles. The summed E-state index contributed by atoms with van der Waals surface area (Å²) in [7, 11) is 1.52. The van der Waals surface area contributed by atoms with Crippen LogP contribution < -0.4 is 20.1 Å². The third-order valence-electron chi connectivity index (χ3n) is 4.66. The second kappa shape index (κ2) is 12.3. The molecule has 2 aromatic rings. The lowest BCUT2D eigenvalue weighted by molar-refractivity contribution is -0.141. The molecule has 8 heteroatoms. The quantitative estimate of drug-likeness (QED) is 0.448. The number of carbonyl (C=O) groups excluding carboxylic acids is 2. The molecule has 0 fully saturated rings. The highest BCUT2D eigenvalue weighted by Gasteiger charge is 2.24. The van der Waals surface area contributed by atoms with Crippen molar-refractivity contribution in [2.45, 2.75) is 33.2 Å². The van der Waals surface area contributed by atoms with Gasteiger partial charge in [-0.15, -0.1) is 0 Å². The summed E-state index contributed by atoms with van der Waals surface area (Å²) >= 11 is 0. The van der Waals surface area contributed by atoms with Gasteiger partial charge in [-0.2, -0.15) is 0 Å². The summed E-state index contributed by atoms with van der Waals surface area (Å²) in [5.41, 5.74) is 0.877. The minimum Gasteiger partial charge on any atom is -0.497 e. The molecule has 0 bridgehead atoms. The number of benzene rings is 2. The summed E-state index contributed by atoms with van der Waals surface area (Å²) in [6, 6.07) is 12.3. The van der Waals surface area contributed by atoms with Crippen molar-refractivity contribution in [3.05, 3.63) is 65.4 Å². The first-order valence-corrected chi connectivity index (χ1v) is 10.7. The van der Waals surface area contributed by atoms with Crippen LogP contribution in [0.5, 0.6) is 11.5 Å². The molecular weight excluding hydrogens is 424 g/mol. The topological polar surface area (TPSA) is 114 Å². The van der Waals surface area contributed by atoms with Crippen LogP contribution in [0.4, 0.5) is 0 Å². The number of nitrogens with one attached hydrogen (secondary N) is 2. The fourth-order valence-electron chi connectivity index (χ4n) is 3.02. The molecule has 2 amide bonds. The van der Waals surface area contributed by atoms with Crippen LogP contribution in [0.1, 0.15) is 43.1 Å². The Balaban J connectivity index is 2.31. The van der Waals surface area contributed by atoms with Gasteiger partial charge < -0.3 is 25.2 Å². The van der Waals surface area contributed by atoms with E-state index in [1.54, 1.807) is 48.5 Å². The van der Waals surface area contributed by atoms with Gasteiger partial charge in [0.15, 0.2) is 0 Å². The normalized spacial score (nSPS) is 12.1. The third-order valence-corrected chi connectivity index (χ3v) is 4.66. The average Bonchev–Trinajstić information content (AvgIpc) is 2.79. The van der Waals surface area contributed by atoms with Crippen LogP contribution in [-0.4, -0.2) is 42.6 Å². The van der Waals surface area contributed by atoms with Crippen LogP contribution in [0.3, 0.4) is 0 Å². The summed E-state index contributed by atoms with van der Waals surface area (Å²) in [6.07, 6.45) is 1.74. The standard InChI is InChI=1S/C25H30N2O6/c1-5-33-20-10-6-17(7-11-20)15-21(24(29)27-22(25(30)31)14-16(2)3)26-23(28)18-8-12-19(32-4)13-9-18/h6-13,15-16,22H,5,14H2,1-4H3,(H,26,28)(H,27,29)(H,30,31). The monoisotopic (exact) mass is 454 g/mol. The Hall–Kier alpha value is -3.81. The maximum Gasteiger partial charge on any atom is 0.326 e. The van der Waals surface area contributed by atoms with E-state index in [-0.39, 0.29) is 18.0 Å². The van der Waals surface area contributed by atoms with Crippen molar-refractivity contribution in [2.75, 3.05) is 13.7 Å². The van der Waals surface area contributed by atoms with Crippen LogP contribution in [0, 0.1) is 5.92 Å². The SMILES string of the molecule is CCOc1ccc(C=C(NC(=O)c2ccc(OC)cc2)C(=O)NC(CC(C)C)C(=O)O)cc1. The molecule has 0 radical (unpaired) electrons. The fourth-order valence-corrected chi connectivity index (χ4v) is 3.02. The molecule has 33 heavy (non-hydrogen) atoms. The second-order valence-electron chi connectivity index (χ2n) is 7.74. The van der Waals surface area contributed by atoms with E-state index in [9.17, 15) is 19.5 Å². The minimum atomic E-state index is -1.14. The van der Waals surface area contributed by atoms with E-state index in [1.807, 2.05) is 20.8 Å². The number of aliphatic carboxylic acids is 1. The van der Waals surface area contributed by atoms with Crippen molar-refractivity contribution >= 4 is 23.9 Å². The van der Waals surface area contributed by atoms with Crippen molar-refractivity contribution in [1.82, 2.24) is 10.6 Å². The van der Waals surface area contributed by atoms with E-state index in [1.165, 1.54) is 13.2 Å². The molecule has 1 unspecified atom stereocenters. The maximum absolute atomic E-state index is 13.0. The summed E-state index contributed by atoms with van der Waals surface area (Å²) in [4.78, 5) is 37.4. The summed E-state index contributed by atoms with van der Waals surface area (Å²) in [6.45, 7) is 6.13. The molecular formula is C25H30N2O6. The van der Waals surface area contributed by atoms with E-state index >= 15 is 0 Å². The average molecular weight is 455 g/mol. The fraction of sp³-hybridized carbons (Fsp3) is 0.320. The molecule has 0 aliphatic rings. The first kappa shape index (κ1) is 25.5. The minimum absolute atomic E-state index is 0.0545. The zero-order valence-electron chi connectivity index (χ0n) is 19.3. The molecule has 2 rings (SSSR count). The molecule has 0 saturated heterocycles. The van der Waals surface area contributed by atoms with Gasteiger partial charge in [-0.25, -0.2) is 4.79 Å². The number of hydrogen-bond donors (Lipinski definition) is 3. The highest BCUT2D eigenvalue weighted by Crippen LogP contribution is 2.16. The van der Waals surface area contributed by atoms with Crippen molar-refractivity contribution in [2.24, 2.45) is 5.92 Å². The molecule has 8 nitrogen and oxygen atoms in total. The zero-order chi connectivity index (χ0) is 24.4. The number of rotatable bonds is 11. The van der Waals surface area contributed by atoms with Gasteiger partial charge in [0.05, 0.1) is 13.7 Å². The van der Waals surface area contributed by atoms with E-state index in [0.717, 1.165) is 0 Å². The van der Waals surface area contributed by atoms with Gasteiger partial charge in [0.2, 0.25) is 0 Å². The molecule has 0 aliphatic heterocycles. The lowest BCUT2D eigenvalue weighted by Gasteiger charge is -2.18. The van der Waals surface area contributed by atoms with Gasteiger partial charge in [-0.05, 0) is 67.3 Å². The van der Waals surface area contributed by atoms with Crippen molar-refractivity contribution in [3.8, 4) is 11.5 Å². The van der Waals surface area contributed by atoms with Crippen LogP contribution in [-0.2, 0) is 9.59 Å². The molecule has 0 spiro atoms. The van der Waals surface area contributed by atoms with Crippen LogP contribution in [0.15, 0.2) is 54.2 Å². The Morgan fingerprint density at radius 3 is 2.12 bits per heavy atom. The highest BCUT2D eigenvalue weighted by molar-refractivity contribution is 6.06. The number of ether oxygens (including phenoxy) is 2. The van der Waals surface area contributed by atoms with E-state index in [2.05, 4.69) is 10.6 Å². The number of amides is 2. The molecule has 176 valence electrons. The maximum atomic E-state index is 13.0. The number of methoxy groups -OCH3 is 1. The van der Waals surface area contributed by atoms with Gasteiger partial charge in [0.25, 0.3) is 11.8 Å². The number of carbonyl (C=O) groups is 3.